The number of hydrogen-bond donors (Lipinski definition) is 4. The molecule has 4 N–H and O–H groups in total. The van der Waals surface area contributed by atoms with Gasteiger partial charge in [-0.3, -0.25) is 14.4 Å². The summed E-state index contributed by atoms with van der Waals surface area (Å²) in [6, 6.07) is 9.21. The second kappa shape index (κ2) is 11.8. The number of nitrogens with one attached hydrogen (secondary N) is 4. The number of benzene rings is 1. The Morgan fingerprint density at radius 1 is 1.13 bits per heavy atom. The summed E-state index contributed by atoms with van der Waals surface area (Å²) in [6.07, 6.45) is 6.24. The number of anilines is 4. The molecular formula is C31H34FN11O2. The van der Waals surface area contributed by atoms with Gasteiger partial charge >= 0.3 is 0 Å². The predicted molar refractivity (Wildman–Crippen MR) is 168 cm³/mol. The lowest BCUT2D eigenvalue weighted by molar-refractivity contribution is -0.117. The highest BCUT2D eigenvalue weighted by molar-refractivity contribution is 6.06. The minimum Gasteiger partial charge on any atom is -0.473 e. The first-order valence-corrected chi connectivity index (χ1v) is 15.0. The van der Waals surface area contributed by atoms with Crippen molar-refractivity contribution in [3.8, 4) is 17.1 Å². The largest absolute Gasteiger partial charge is 0.473 e. The van der Waals surface area contributed by atoms with E-state index in [4.69, 9.17) is 9.72 Å². The van der Waals surface area contributed by atoms with Gasteiger partial charge in [0, 0.05) is 61.3 Å². The summed E-state index contributed by atoms with van der Waals surface area (Å²) >= 11 is 0. The van der Waals surface area contributed by atoms with Crippen molar-refractivity contribution in [2.45, 2.75) is 45.3 Å². The SMILES string of the molecule is Cc1cnc(Nc2cc(C)n(C)n2)nc1-c1c[nH]c2c(NC(=O)CN3CCC(Oc4cc(F)nc(NC5CC5)n4)C3)cccc12. The average Bonchev–Trinajstić information content (AvgIpc) is 3.37. The molecule has 232 valence electrons. The minimum atomic E-state index is -0.634. The fourth-order valence-electron chi connectivity index (χ4n) is 5.50. The second-order valence-electron chi connectivity index (χ2n) is 11.7. The Bertz CT molecular complexity index is 1860. The van der Waals surface area contributed by atoms with Crippen molar-refractivity contribution < 1.29 is 13.9 Å². The molecule has 5 aromatic rings. The number of rotatable bonds is 10. The van der Waals surface area contributed by atoms with Crippen molar-refractivity contribution in [3.63, 3.8) is 0 Å². The molecule has 0 spiro atoms. The normalized spacial score (nSPS) is 16.7. The van der Waals surface area contributed by atoms with Gasteiger partial charge in [0.15, 0.2) is 5.82 Å². The summed E-state index contributed by atoms with van der Waals surface area (Å²) in [5, 5.41) is 14.7. The van der Waals surface area contributed by atoms with Crippen molar-refractivity contribution >= 4 is 40.2 Å². The molecule has 1 amide bonds. The Kier molecular flexibility index (Phi) is 7.49. The number of hydrogen-bond acceptors (Lipinski definition) is 10. The molecule has 1 aliphatic carbocycles. The number of carbonyl (C=O) groups is 1. The summed E-state index contributed by atoms with van der Waals surface area (Å²) in [4.78, 5) is 35.8. The van der Waals surface area contributed by atoms with Crippen molar-refractivity contribution in [3.05, 3.63) is 59.9 Å². The molecular weight excluding hydrogens is 577 g/mol. The summed E-state index contributed by atoms with van der Waals surface area (Å²) < 4.78 is 21.8. The molecule has 0 bridgehead atoms. The average molecular weight is 612 g/mol. The van der Waals surface area contributed by atoms with Crippen LogP contribution in [0.1, 0.15) is 30.5 Å². The van der Waals surface area contributed by atoms with E-state index in [0.29, 0.717) is 43.0 Å². The zero-order valence-electron chi connectivity index (χ0n) is 25.3. The van der Waals surface area contributed by atoms with Crippen molar-refractivity contribution in [1.29, 1.82) is 0 Å². The number of H-pyrrole nitrogens is 1. The maximum atomic E-state index is 14.0. The van der Waals surface area contributed by atoms with E-state index in [1.165, 1.54) is 6.07 Å². The highest BCUT2D eigenvalue weighted by Crippen LogP contribution is 2.33. The van der Waals surface area contributed by atoms with Gasteiger partial charge in [0.25, 0.3) is 0 Å². The van der Waals surface area contributed by atoms with Crippen molar-refractivity contribution in [2.75, 3.05) is 35.6 Å². The van der Waals surface area contributed by atoms with Crippen molar-refractivity contribution in [2.24, 2.45) is 7.05 Å². The zero-order valence-corrected chi connectivity index (χ0v) is 25.3. The number of aryl methyl sites for hydroxylation is 3. The molecule has 1 saturated carbocycles. The first-order chi connectivity index (χ1) is 21.8. The van der Waals surface area contributed by atoms with E-state index in [0.717, 1.165) is 46.3 Å². The Labute approximate surface area is 258 Å². The molecule has 1 atom stereocenters. The van der Waals surface area contributed by atoms with Crippen LogP contribution < -0.4 is 20.7 Å². The van der Waals surface area contributed by atoms with Crippen LogP contribution >= 0.6 is 0 Å². The van der Waals surface area contributed by atoms with E-state index in [9.17, 15) is 9.18 Å². The lowest BCUT2D eigenvalue weighted by atomic mass is 10.1. The number of carbonyl (C=O) groups excluding carboxylic acids is 1. The van der Waals surface area contributed by atoms with Crippen LogP contribution in [-0.2, 0) is 11.8 Å². The molecule has 4 aromatic heterocycles. The predicted octanol–water partition coefficient (Wildman–Crippen LogP) is 4.31. The molecule has 2 aliphatic rings. The number of para-hydroxylation sites is 1. The van der Waals surface area contributed by atoms with Crippen LogP contribution in [-0.4, -0.2) is 77.3 Å². The van der Waals surface area contributed by atoms with Gasteiger partial charge in [-0.1, -0.05) is 12.1 Å². The Morgan fingerprint density at radius 3 is 2.80 bits per heavy atom. The molecule has 0 radical (unpaired) electrons. The number of halogens is 1. The van der Waals surface area contributed by atoms with Crippen molar-refractivity contribution in [1.82, 2.24) is 39.6 Å². The molecule has 1 aromatic carbocycles. The van der Waals surface area contributed by atoms with E-state index in [2.05, 4.69) is 41.0 Å². The molecule has 7 rings (SSSR count). The molecule has 45 heavy (non-hydrogen) atoms. The summed E-state index contributed by atoms with van der Waals surface area (Å²) in [6.45, 7) is 5.35. The number of likely N-dealkylation sites (tertiary alicyclic amines) is 1. The molecule has 14 heteroatoms. The summed E-state index contributed by atoms with van der Waals surface area (Å²) in [7, 11) is 1.88. The van der Waals surface area contributed by atoms with Gasteiger partial charge in [-0.2, -0.15) is 19.5 Å². The van der Waals surface area contributed by atoms with E-state index in [1.54, 1.807) is 10.9 Å². The maximum absolute atomic E-state index is 14.0. The monoisotopic (exact) mass is 611 g/mol. The number of ether oxygens (including phenoxy) is 1. The number of amides is 1. The Balaban J connectivity index is 1.00. The third-order valence-electron chi connectivity index (χ3n) is 8.04. The smallest absolute Gasteiger partial charge is 0.238 e. The Morgan fingerprint density at radius 2 is 2.00 bits per heavy atom. The lowest BCUT2D eigenvalue weighted by Gasteiger charge is -2.17. The third kappa shape index (κ3) is 6.41. The lowest BCUT2D eigenvalue weighted by Crippen LogP contribution is -2.33. The van der Waals surface area contributed by atoms with Gasteiger partial charge in [0.1, 0.15) is 6.10 Å². The number of aromatic nitrogens is 7. The Hall–Kier alpha value is -5.11. The first-order valence-electron chi connectivity index (χ1n) is 15.0. The fraction of sp³-hybridized carbons (Fsp3) is 0.355. The van der Waals surface area contributed by atoms with Crippen LogP contribution in [0.15, 0.2) is 42.7 Å². The number of fused-ring (bicyclic) bond motifs is 1. The topological polar surface area (TPSA) is 151 Å². The van der Waals surface area contributed by atoms with Crippen LogP contribution in [0.4, 0.5) is 27.8 Å². The van der Waals surface area contributed by atoms with E-state index in [1.807, 2.05) is 56.3 Å². The quantitative estimate of drug-likeness (QED) is 0.168. The van der Waals surface area contributed by atoms with Crippen LogP contribution in [0.3, 0.4) is 0 Å². The number of aromatic amines is 1. The summed E-state index contributed by atoms with van der Waals surface area (Å²) in [5.74, 6) is 0.785. The molecule has 1 unspecified atom stereocenters. The molecule has 1 saturated heterocycles. The molecule has 5 heterocycles. The van der Waals surface area contributed by atoms with Gasteiger partial charge in [-0.05, 0) is 44.7 Å². The van der Waals surface area contributed by atoms with Crippen LogP contribution in [0.5, 0.6) is 5.88 Å². The summed E-state index contributed by atoms with van der Waals surface area (Å²) in [5.41, 5.74) is 5.09. The fourth-order valence-corrected chi connectivity index (χ4v) is 5.50. The van der Waals surface area contributed by atoms with Gasteiger partial charge in [0.2, 0.25) is 29.6 Å². The van der Waals surface area contributed by atoms with Gasteiger partial charge in [-0.25, -0.2) is 9.97 Å². The van der Waals surface area contributed by atoms with Crippen LogP contribution in [0.2, 0.25) is 0 Å². The van der Waals surface area contributed by atoms with E-state index < -0.39 is 5.95 Å². The van der Waals surface area contributed by atoms with E-state index in [-0.39, 0.29) is 30.4 Å². The highest BCUT2D eigenvalue weighted by atomic mass is 19.1. The molecule has 1 aliphatic heterocycles. The van der Waals surface area contributed by atoms with Crippen LogP contribution in [0.25, 0.3) is 22.2 Å². The van der Waals surface area contributed by atoms with Crippen LogP contribution in [0, 0.1) is 19.8 Å². The van der Waals surface area contributed by atoms with Gasteiger partial charge in [-0.15, -0.1) is 0 Å². The van der Waals surface area contributed by atoms with Gasteiger partial charge < -0.3 is 25.7 Å². The standard InChI is InChI=1S/C31H34FN11O2/c1-17-13-34-30(38-25-11-18(2)42(3)41-25)40-28(17)22-14-33-29-21(22)5-4-6-23(29)36-26(44)16-43-10-9-20(15-43)45-27-12-24(32)37-31(39-27)35-19-7-8-19/h4-6,11-14,19-20,33H,7-10,15-16H2,1-3H3,(H,36,44)(H,35,37,39)(H,34,38,40,41). The molecule has 13 nitrogen and oxygen atoms in total. The van der Waals surface area contributed by atoms with Gasteiger partial charge in [0.05, 0.1) is 29.5 Å². The third-order valence-corrected chi connectivity index (χ3v) is 8.04. The highest BCUT2D eigenvalue weighted by Gasteiger charge is 2.27. The number of nitrogens with zero attached hydrogens (tertiary/aromatic N) is 7. The minimum absolute atomic E-state index is 0.140. The maximum Gasteiger partial charge on any atom is 0.238 e. The van der Waals surface area contributed by atoms with E-state index >= 15 is 0 Å². The zero-order chi connectivity index (χ0) is 31.1. The second-order valence-corrected chi connectivity index (χ2v) is 11.7. The first kappa shape index (κ1) is 28.6. The molecule has 2 fully saturated rings.